The van der Waals surface area contributed by atoms with E-state index in [9.17, 15) is 17.2 Å². The van der Waals surface area contributed by atoms with Crippen LogP contribution in [0.4, 0.5) is 8.78 Å². The zero-order valence-corrected chi connectivity index (χ0v) is 9.87. The molecule has 0 saturated carbocycles. The minimum absolute atomic E-state index is 0.0646. The highest BCUT2D eigenvalue weighted by Gasteiger charge is 2.15. The highest BCUT2D eigenvalue weighted by molar-refractivity contribution is 7.90. The Hall–Kier alpha value is -1.01. The fraction of sp³-hybridized carbons (Fsp3) is 0.400. The van der Waals surface area contributed by atoms with Gasteiger partial charge >= 0.3 is 0 Å². The van der Waals surface area contributed by atoms with Crippen LogP contribution in [-0.4, -0.2) is 28.3 Å². The maximum atomic E-state index is 13.3. The van der Waals surface area contributed by atoms with E-state index < -0.39 is 21.5 Å². The summed E-state index contributed by atoms with van der Waals surface area (Å²) >= 11 is 0. The van der Waals surface area contributed by atoms with Gasteiger partial charge in [0.15, 0.2) is 21.5 Å². The van der Waals surface area contributed by atoms with Crippen molar-refractivity contribution in [2.24, 2.45) is 0 Å². The topological polar surface area (TPSA) is 46.2 Å². The molecule has 0 saturated heterocycles. The molecule has 16 heavy (non-hydrogen) atoms. The summed E-state index contributed by atoms with van der Waals surface area (Å²) in [5.74, 6) is -2.11. The summed E-state index contributed by atoms with van der Waals surface area (Å²) in [6.07, 6.45) is 1.20. The predicted molar refractivity (Wildman–Crippen MR) is 57.1 cm³/mol. The Kier molecular flexibility index (Phi) is 3.98. The minimum atomic E-state index is -3.52. The van der Waals surface area contributed by atoms with Crippen LogP contribution in [0.2, 0.25) is 0 Å². The van der Waals surface area contributed by atoms with Gasteiger partial charge in [-0.05, 0) is 37.7 Å². The lowest BCUT2D eigenvalue weighted by Gasteiger charge is -2.06. The summed E-state index contributed by atoms with van der Waals surface area (Å²) in [6, 6.07) is 1.87. The predicted octanol–water partition coefficient (Wildman–Crippen LogP) is 1.13. The molecule has 0 fully saturated rings. The summed E-state index contributed by atoms with van der Waals surface area (Å²) in [6.45, 7) is 0.448. The SMILES string of the molecule is CNCCc1cc(S(C)(=O)=O)cc(F)c1F. The number of likely N-dealkylation sites (N-methyl/N-ethyl adjacent to an activating group) is 1. The second-order valence-corrected chi connectivity index (χ2v) is 5.52. The zero-order chi connectivity index (χ0) is 12.3. The largest absolute Gasteiger partial charge is 0.319 e. The molecule has 1 N–H and O–H groups in total. The number of benzene rings is 1. The second-order valence-electron chi connectivity index (χ2n) is 3.50. The Balaban J connectivity index is 3.22. The maximum absolute atomic E-state index is 13.3. The van der Waals surface area contributed by atoms with Gasteiger partial charge in [0.25, 0.3) is 0 Å². The Labute approximate surface area is 93.4 Å². The van der Waals surface area contributed by atoms with Gasteiger partial charge in [-0.1, -0.05) is 0 Å². The number of hydrogen-bond acceptors (Lipinski definition) is 3. The van der Waals surface area contributed by atoms with Gasteiger partial charge in [0.05, 0.1) is 4.90 Å². The first-order chi connectivity index (χ1) is 7.36. The molecule has 0 bridgehead atoms. The smallest absolute Gasteiger partial charge is 0.175 e. The Bertz CT molecular complexity index is 486. The molecule has 0 aliphatic rings. The molecule has 0 aromatic heterocycles. The first-order valence-electron chi connectivity index (χ1n) is 4.69. The second kappa shape index (κ2) is 4.88. The normalized spacial score (nSPS) is 11.8. The Morgan fingerprint density at radius 2 is 1.94 bits per heavy atom. The van der Waals surface area contributed by atoms with Crippen LogP contribution in [0.3, 0.4) is 0 Å². The van der Waals surface area contributed by atoms with Crippen molar-refractivity contribution in [3.8, 4) is 0 Å². The molecule has 0 aliphatic carbocycles. The van der Waals surface area contributed by atoms with Gasteiger partial charge in [0.2, 0.25) is 0 Å². The molecule has 1 rings (SSSR count). The lowest BCUT2D eigenvalue weighted by Crippen LogP contribution is -2.12. The van der Waals surface area contributed by atoms with Crippen LogP contribution in [0.1, 0.15) is 5.56 Å². The van der Waals surface area contributed by atoms with Crippen molar-refractivity contribution >= 4 is 9.84 Å². The molecule has 6 heteroatoms. The number of rotatable bonds is 4. The quantitative estimate of drug-likeness (QED) is 0.814. The average molecular weight is 249 g/mol. The summed E-state index contributed by atoms with van der Waals surface area (Å²) in [7, 11) is -1.84. The summed E-state index contributed by atoms with van der Waals surface area (Å²) in [5.41, 5.74) is 0.0646. The molecule has 1 aromatic carbocycles. The lowest BCUT2D eigenvalue weighted by molar-refractivity contribution is 0.493. The molecule has 0 radical (unpaired) electrons. The number of hydrogen-bond donors (Lipinski definition) is 1. The first-order valence-corrected chi connectivity index (χ1v) is 6.58. The fourth-order valence-electron chi connectivity index (χ4n) is 1.27. The van der Waals surface area contributed by atoms with Crippen molar-refractivity contribution in [1.29, 1.82) is 0 Å². The van der Waals surface area contributed by atoms with E-state index >= 15 is 0 Å². The van der Waals surface area contributed by atoms with E-state index in [1.54, 1.807) is 7.05 Å². The molecule has 1 aromatic rings. The van der Waals surface area contributed by atoms with E-state index in [-0.39, 0.29) is 16.9 Å². The van der Waals surface area contributed by atoms with Gasteiger partial charge < -0.3 is 5.32 Å². The fourth-order valence-corrected chi connectivity index (χ4v) is 1.95. The molecule has 0 amide bonds. The lowest BCUT2D eigenvalue weighted by atomic mass is 10.1. The van der Waals surface area contributed by atoms with Crippen LogP contribution >= 0.6 is 0 Å². The Morgan fingerprint density at radius 3 is 2.44 bits per heavy atom. The van der Waals surface area contributed by atoms with Gasteiger partial charge in [-0.2, -0.15) is 0 Å². The van der Waals surface area contributed by atoms with Crippen molar-refractivity contribution in [2.75, 3.05) is 19.8 Å². The van der Waals surface area contributed by atoms with Crippen molar-refractivity contribution in [3.63, 3.8) is 0 Å². The van der Waals surface area contributed by atoms with Crippen LogP contribution < -0.4 is 5.32 Å². The third kappa shape index (κ3) is 2.99. The minimum Gasteiger partial charge on any atom is -0.319 e. The average Bonchev–Trinajstić information content (AvgIpc) is 2.18. The number of halogens is 2. The molecular formula is C10H13F2NO2S. The van der Waals surface area contributed by atoms with Gasteiger partial charge in [0, 0.05) is 6.26 Å². The third-order valence-corrected chi connectivity index (χ3v) is 3.24. The van der Waals surface area contributed by atoms with E-state index in [1.165, 1.54) is 6.07 Å². The van der Waals surface area contributed by atoms with Crippen LogP contribution in [0.15, 0.2) is 17.0 Å². The first kappa shape index (κ1) is 13.1. The molecule has 0 aliphatic heterocycles. The molecule has 0 spiro atoms. The summed E-state index contributed by atoms with van der Waals surface area (Å²) in [5, 5.41) is 2.78. The molecule has 3 nitrogen and oxygen atoms in total. The van der Waals surface area contributed by atoms with E-state index in [4.69, 9.17) is 0 Å². The van der Waals surface area contributed by atoms with Crippen LogP contribution in [0.5, 0.6) is 0 Å². The molecule has 90 valence electrons. The van der Waals surface area contributed by atoms with Crippen molar-refractivity contribution in [3.05, 3.63) is 29.3 Å². The summed E-state index contributed by atoms with van der Waals surface area (Å²) in [4.78, 5) is -0.197. The van der Waals surface area contributed by atoms with Crippen molar-refractivity contribution in [2.45, 2.75) is 11.3 Å². The number of sulfone groups is 1. The Morgan fingerprint density at radius 1 is 1.31 bits per heavy atom. The molecule has 0 unspecified atom stereocenters. The van der Waals surface area contributed by atoms with Crippen molar-refractivity contribution < 1.29 is 17.2 Å². The highest BCUT2D eigenvalue weighted by Crippen LogP contribution is 2.19. The van der Waals surface area contributed by atoms with E-state index in [2.05, 4.69) is 5.32 Å². The van der Waals surface area contributed by atoms with Gasteiger partial charge in [-0.25, -0.2) is 17.2 Å². The summed E-state index contributed by atoms with van der Waals surface area (Å²) < 4.78 is 48.9. The standard InChI is InChI=1S/C10H13F2NO2S/c1-13-4-3-7-5-8(16(2,14)15)6-9(11)10(7)12/h5-6,13H,3-4H2,1-2H3. The third-order valence-electron chi connectivity index (χ3n) is 2.15. The monoisotopic (exact) mass is 249 g/mol. The van der Waals surface area contributed by atoms with Crippen LogP contribution in [0.25, 0.3) is 0 Å². The van der Waals surface area contributed by atoms with Crippen LogP contribution in [-0.2, 0) is 16.3 Å². The van der Waals surface area contributed by atoms with Gasteiger partial charge in [-0.3, -0.25) is 0 Å². The molecule has 0 heterocycles. The van der Waals surface area contributed by atoms with Gasteiger partial charge in [0.1, 0.15) is 0 Å². The van der Waals surface area contributed by atoms with Crippen molar-refractivity contribution in [1.82, 2.24) is 5.32 Å². The van der Waals surface area contributed by atoms with E-state index in [0.29, 0.717) is 12.6 Å². The van der Waals surface area contributed by atoms with E-state index in [1.807, 2.05) is 0 Å². The van der Waals surface area contributed by atoms with Gasteiger partial charge in [-0.15, -0.1) is 0 Å². The van der Waals surface area contributed by atoms with E-state index in [0.717, 1.165) is 6.26 Å². The zero-order valence-electron chi connectivity index (χ0n) is 9.05. The maximum Gasteiger partial charge on any atom is 0.175 e. The molecule has 0 atom stereocenters. The van der Waals surface area contributed by atoms with Crippen LogP contribution in [0, 0.1) is 11.6 Å². The highest BCUT2D eigenvalue weighted by atomic mass is 32.2. The number of nitrogens with one attached hydrogen (secondary N) is 1. The molecular weight excluding hydrogens is 236 g/mol.